The van der Waals surface area contributed by atoms with Crippen LogP contribution in [0.3, 0.4) is 0 Å². The molecule has 0 saturated heterocycles. The number of carbonyl (C=O) groups is 1. The van der Waals surface area contributed by atoms with Crippen LogP contribution in [0.15, 0.2) is 59.1 Å². The molecule has 0 heterocycles. The summed E-state index contributed by atoms with van der Waals surface area (Å²) in [5.41, 5.74) is 1.96. The maximum Gasteiger partial charge on any atom is 0.232 e. The highest BCUT2D eigenvalue weighted by molar-refractivity contribution is 9.10. The summed E-state index contributed by atoms with van der Waals surface area (Å²) in [6.45, 7) is 0. The van der Waals surface area contributed by atoms with Gasteiger partial charge in [0.25, 0.3) is 0 Å². The molecule has 3 rings (SSSR count). The fourth-order valence-corrected chi connectivity index (χ4v) is 3.75. The minimum absolute atomic E-state index is 0.0594. The summed E-state index contributed by atoms with van der Waals surface area (Å²) in [6, 6.07) is 17.9. The molecule has 2 nitrogen and oxygen atoms in total. The zero-order chi connectivity index (χ0) is 15.4. The number of carbonyl (C=O) groups excluding carboxylic acids is 1. The van der Waals surface area contributed by atoms with Gasteiger partial charge in [0.2, 0.25) is 5.91 Å². The molecule has 0 spiro atoms. The minimum Gasteiger partial charge on any atom is -0.325 e. The summed E-state index contributed by atoms with van der Waals surface area (Å²) < 4.78 is 0.918. The van der Waals surface area contributed by atoms with Crippen LogP contribution in [0.25, 0.3) is 0 Å². The number of para-hydroxylation sites is 1. The minimum atomic E-state index is -0.0594. The fraction of sp³-hybridized carbons (Fsp3) is 0.316. The van der Waals surface area contributed by atoms with Crippen molar-refractivity contribution in [3.63, 3.8) is 0 Å². The van der Waals surface area contributed by atoms with E-state index in [4.69, 9.17) is 0 Å². The van der Waals surface area contributed by atoms with Crippen molar-refractivity contribution in [2.45, 2.75) is 31.6 Å². The molecule has 0 aliphatic heterocycles. The molecule has 0 bridgehead atoms. The number of amides is 1. The first-order chi connectivity index (χ1) is 10.8. The van der Waals surface area contributed by atoms with Crippen LogP contribution in [0.4, 0.5) is 5.69 Å². The first kappa shape index (κ1) is 15.3. The average Bonchev–Trinajstić information content (AvgIpc) is 3.05. The molecule has 1 aliphatic carbocycles. The number of rotatable bonds is 4. The van der Waals surface area contributed by atoms with Gasteiger partial charge in [-0.15, -0.1) is 0 Å². The Labute approximate surface area is 140 Å². The van der Waals surface area contributed by atoms with Gasteiger partial charge in [-0.05, 0) is 52.4 Å². The number of benzene rings is 2. The Morgan fingerprint density at radius 1 is 1.00 bits per heavy atom. The first-order valence-electron chi connectivity index (χ1n) is 7.86. The third kappa shape index (κ3) is 3.41. The van der Waals surface area contributed by atoms with Crippen molar-refractivity contribution in [1.82, 2.24) is 0 Å². The van der Waals surface area contributed by atoms with E-state index in [-0.39, 0.29) is 11.8 Å². The van der Waals surface area contributed by atoms with E-state index in [0.29, 0.717) is 5.92 Å². The van der Waals surface area contributed by atoms with Gasteiger partial charge in [-0.1, -0.05) is 55.3 Å². The first-order valence-corrected chi connectivity index (χ1v) is 8.65. The highest BCUT2D eigenvalue weighted by Gasteiger charge is 2.32. The molecule has 114 valence electrons. The number of hydrogen-bond acceptors (Lipinski definition) is 1. The maximum atomic E-state index is 12.9. The number of nitrogens with one attached hydrogen (secondary N) is 1. The van der Waals surface area contributed by atoms with Gasteiger partial charge in [0.05, 0.1) is 11.6 Å². The maximum absolute atomic E-state index is 12.9. The van der Waals surface area contributed by atoms with Gasteiger partial charge in [-0.2, -0.15) is 0 Å². The summed E-state index contributed by atoms with van der Waals surface area (Å²) in [5.74, 6) is 0.491. The molecule has 1 unspecified atom stereocenters. The van der Waals surface area contributed by atoms with E-state index in [9.17, 15) is 4.79 Å². The summed E-state index contributed by atoms with van der Waals surface area (Å²) in [5, 5.41) is 3.10. The van der Waals surface area contributed by atoms with Crippen LogP contribution in [0.1, 0.15) is 37.2 Å². The Bertz CT molecular complexity index is 635. The third-order valence-corrected chi connectivity index (χ3v) is 5.14. The lowest BCUT2D eigenvalue weighted by atomic mass is 9.84. The van der Waals surface area contributed by atoms with Crippen LogP contribution in [0.2, 0.25) is 0 Å². The smallest absolute Gasteiger partial charge is 0.232 e. The molecule has 0 aromatic heterocycles. The van der Waals surface area contributed by atoms with Crippen molar-refractivity contribution in [1.29, 1.82) is 0 Å². The van der Waals surface area contributed by atoms with E-state index in [1.807, 2.05) is 42.5 Å². The number of anilines is 1. The molecular formula is C19H20BrNO. The van der Waals surface area contributed by atoms with Gasteiger partial charge in [0.1, 0.15) is 0 Å². The molecule has 1 N–H and O–H groups in total. The van der Waals surface area contributed by atoms with Gasteiger partial charge in [-0.25, -0.2) is 0 Å². The molecule has 2 aromatic rings. The van der Waals surface area contributed by atoms with Crippen molar-refractivity contribution in [2.75, 3.05) is 5.32 Å². The van der Waals surface area contributed by atoms with Crippen LogP contribution in [-0.4, -0.2) is 5.91 Å². The second-order valence-corrected chi connectivity index (χ2v) is 6.76. The third-order valence-electron chi connectivity index (χ3n) is 4.44. The van der Waals surface area contributed by atoms with Crippen LogP contribution in [-0.2, 0) is 4.79 Å². The van der Waals surface area contributed by atoms with Gasteiger partial charge in [-0.3, -0.25) is 4.79 Å². The summed E-state index contributed by atoms with van der Waals surface area (Å²) >= 11 is 3.50. The van der Waals surface area contributed by atoms with Crippen molar-refractivity contribution in [2.24, 2.45) is 5.92 Å². The second kappa shape index (κ2) is 7.10. The quantitative estimate of drug-likeness (QED) is 0.783. The van der Waals surface area contributed by atoms with E-state index in [0.717, 1.165) is 28.6 Å². The lowest BCUT2D eigenvalue weighted by Crippen LogP contribution is -2.26. The number of halogens is 1. The molecule has 1 saturated carbocycles. The van der Waals surface area contributed by atoms with Gasteiger partial charge < -0.3 is 5.32 Å². The SMILES string of the molecule is O=C(Nc1ccccc1Br)C(c1ccccc1)C1CCCC1. The Morgan fingerprint density at radius 3 is 2.32 bits per heavy atom. The normalized spacial score (nSPS) is 16.4. The standard InChI is InChI=1S/C19H20BrNO/c20-16-12-6-7-13-17(16)21-19(22)18(15-10-4-5-11-15)14-8-2-1-3-9-14/h1-3,6-9,12-13,15,18H,4-5,10-11H2,(H,21,22). The monoisotopic (exact) mass is 357 g/mol. The Hall–Kier alpha value is -1.61. The zero-order valence-electron chi connectivity index (χ0n) is 12.5. The van der Waals surface area contributed by atoms with E-state index >= 15 is 0 Å². The summed E-state index contributed by atoms with van der Waals surface area (Å²) in [7, 11) is 0. The second-order valence-electron chi connectivity index (χ2n) is 5.90. The lowest BCUT2D eigenvalue weighted by molar-refractivity contribution is -0.118. The molecule has 1 fully saturated rings. The topological polar surface area (TPSA) is 29.1 Å². The molecule has 2 aromatic carbocycles. The Morgan fingerprint density at radius 2 is 1.64 bits per heavy atom. The van der Waals surface area contributed by atoms with Crippen LogP contribution < -0.4 is 5.32 Å². The van der Waals surface area contributed by atoms with E-state index in [2.05, 4.69) is 33.4 Å². The molecule has 22 heavy (non-hydrogen) atoms. The summed E-state index contributed by atoms with van der Waals surface area (Å²) in [4.78, 5) is 12.9. The largest absolute Gasteiger partial charge is 0.325 e. The molecular weight excluding hydrogens is 338 g/mol. The van der Waals surface area contributed by atoms with E-state index in [1.165, 1.54) is 12.8 Å². The predicted octanol–water partition coefficient (Wildman–Crippen LogP) is 5.36. The highest BCUT2D eigenvalue weighted by Crippen LogP contribution is 2.38. The Kier molecular flexibility index (Phi) is 4.94. The van der Waals surface area contributed by atoms with Gasteiger partial charge in [0.15, 0.2) is 0 Å². The molecule has 1 amide bonds. The lowest BCUT2D eigenvalue weighted by Gasteiger charge is -2.23. The molecule has 3 heteroatoms. The van der Waals surface area contributed by atoms with Crippen LogP contribution in [0.5, 0.6) is 0 Å². The van der Waals surface area contributed by atoms with Crippen LogP contribution >= 0.6 is 15.9 Å². The molecule has 1 aliphatic rings. The van der Waals surface area contributed by atoms with Crippen LogP contribution in [0, 0.1) is 5.92 Å². The summed E-state index contributed by atoms with van der Waals surface area (Å²) in [6.07, 6.45) is 4.75. The number of hydrogen-bond donors (Lipinski definition) is 1. The Balaban J connectivity index is 1.85. The molecule has 1 atom stereocenters. The average molecular weight is 358 g/mol. The zero-order valence-corrected chi connectivity index (χ0v) is 14.1. The van der Waals surface area contributed by atoms with Crippen molar-refractivity contribution in [3.05, 3.63) is 64.6 Å². The van der Waals surface area contributed by atoms with Gasteiger partial charge in [0, 0.05) is 4.47 Å². The highest BCUT2D eigenvalue weighted by atomic mass is 79.9. The van der Waals surface area contributed by atoms with Crippen molar-refractivity contribution < 1.29 is 4.79 Å². The molecule has 0 radical (unpaired) electrons. The van der Waals surface area contributed by atoms with Crippen molar-refractivity contribution >= 4 is 27.5 Å². The fourth-order valence-electron chi connectivity index (χ4n) is 3.36. The predicted molar refractivity (Wildman–Crippen MR) is 93.9 cm³/mol. The van der Waals surface area contributed by atoms with E-state index in [1.54, 1.807) is 0 Å². The van der Waals surface area contributed by atoms with E-state index < -0.39 is 0 Å². The van der Waals surface area contributed by atoms with Gasteiger partial charge >= 0.3 is 0 Å². The van der Waals surface area contributed by atoms with Crippen molar-refractivity contribution in [3.8, 4) is 0 Å².